The Balaban J connectivity index is 1.55. The van der Waals surface area contributed by atoms with Gasteiger partial charge in [0.1, 0.15) is 0 Å². The van der Waals surface area contributed by atoms with Gasteiger partial charge in [0.25, 0.3) is 5.56 Å². The molecule has 3 aromatic rings. The minimum absolute atomic E-state index is 0.136. The Bertz CT molecular complexity index is 1050. The highest BCUT2D eigenvalue weighted by molar-refractivity contribution is 5.81. The number of nitrogens with one attached hydrogen (secondary N) is 3. The number of nitrogens with zero attached hydrogens (tertiary/aromatic N) is 1. The van der Waals surface area contributed by atoms with Crippen LogP contribution in [0.5, 0.6) is 0 Å². The summed E-state index contributed by atoms with van der Waals surface area (Å²) in [6.07, 6.45) is 2.90. The van der Waals surface area contributed by atoms with Gasteiger partial charge in [0.05, 0.1) is 5.52 Å². The number of benzene rings is 1. The highest BCUT2D eigenvalue weighted by Gasteiger charge is 2.09. The van der Waals surface area contributed by atoms with Crippen LogP contribution in [0.15, 0.2) is 46.1 Å². The fourth-order valence-electron chi connectivity index (χ4n) is 2.96. The second-order valence-electron chi connectivity index (χ2n) is 6.10. The Kier molecular flexibility index (Phi) is 5.26. The molecule has 3 rings (SSSR count). The standard InChI is InChI=1S/C19H20N4O3/c1-12-15(18(25)23-19(26)22-12)7-8-16(24)20-11-9-14-5-2-4-13-6-3-10-21-17(13)14/h2-6,10H,7-9,11H2,1H3,(H,20,24)(H2,22,23,25,26). The first kappa shape index (κ1) is 17.6. The number of rotatable bonds is 6. The molecule has 0 radical (unpaired) electrons. The number of para-hydroxylation sites is 1. The molecule has 0 bridgehead atoms. The van der Waals surface area contributed by atoms with Gasteiger partial charge >= 0.3 is 5.69 Å². The number of H-pyrrole nitrogens is 2. The van der Waals surface area contributed by atoms with Gasteiger partial charge in [0.15, 0.2) is 0 Å². The third kappa shape index (κ3) is 4.05. The third-order valence-electron chi connectivity index (χ3n) is 4.29. The summed E-state index contributed by atoms with van der Waals surface area (Å²) in [5.74, 6) is -0.136. The zero-order chi connectivity index (χ0) is 18.5. The first-order chi connectivity index (χ1) is 12.5. The molecular formula is C19H20N4O3. The molecule has 0 saturated carbocycles. The Labute approximate surface area is 149 Å². The maximum absolute atomic E-state index is 12.0. The second kappa shape index (κ2) is 7.77. The van der Waals surface area contributed by atoms with Crippen molar-refractivity contribution in [1.82, 2.24) is 20.3 Å². The monoisotopic (exact) mass is 352 g/mol. The second-order valence-corrected chi connectivity index (χ2v) is 6.10. The molecule has 0 atom stereocenters. The summed E-state index contributed by atoms with van der Waals surface area (Å²) < 4.78 is 0. The molecule has 0 aliphatic rings. The molecule has 0 aliphatic carbocycles. The summed E-state index contributed by atoms with van der Waals surface area (Å²) in [6.45, 7) is 2.15. The van der Waals surface area contributed by atoms with Gasteiger partial charge in [-0.3, -0.25) is 19.6 Å². The molecule has 0 aliphatic heterocycles. The van der Waals surface area contributed by atoms with E-state index in [9.17, 15) is 14.4 Å². The number of pyridine rings is 1. The number of amides is 1. The number of fused-ring (bicyclic) bond motifs is 1. The summed E-state index contributed by atoms with van der Waals surface area (Å²) in [6, 6.07) is 9.90. The molecule has 2 aromatic heterocycles. The first-order valence-electron chi connectivity index (χ1n) is 8.46. The van der Waals surface area contributed by atoms with E-state index in [0.29, 0.717) is 24.2 Å². The molecule has 3 N–H and O–H groups in total. The summed E-state index contributed by atoms with van der Waals surface area (Å²) in [5, 5.41) is 3.94. The lowest BCUT2D eigenvalue weighted by atomic mass is 10.1. The van der Waals surface area contributed by atoms with Crippen LogP contribution in [0.1, 0.15) is 23.2 Å². The summed E-state index contributed by atoms with van der Waals surface area (Å²) in [5.41, 5.74) is 1.97. The van der Waals surface area contributed by atoms with Crippen molar-refractivity contribution >= 4 is 16.8 Å². The lowest BCUT2D eigenvalue weighted by Gasteiger charge is -2.08. The number of hydrogen-bond acceptors (Lipinski definition) is 4. The van der Waals surface area contributed by atoms with Crippen molar-refractivity contribution in [2.45, 2.75) is 26.2 Å². The van der Waals surface area contributed by atoms with E-state index in [1.165, 1.54) is 0 Å². The molecule has 0 fully saturated rings. The van der Waals surface area contributed by atoms with Crippen molar-refractivity contribution in [3.8, 4) is 0 Å². The largest absolute Gasteiger partial charge is 0.356 e. The van der Waals surface area contributed by atoms with E-state index in [2.05, 4.69) is 20.3 Å². The maximum atomic E-state index is 12.0. The maximum Gasteiger partial charge on any atom is 0.325 e. The lowest BCUT2D eigenvalue weighted by molar-refractivity contribution is -0.121. The number of aryl methyl sites for hydroxylation is 1. The van der Waals surface area contributed by atoms with Gasteiger partial charge in [-0.25, -0.2) is 4.79 Å². The van der Waals surface area contributed by atoms with E-state index >= 15 is 0 Å². The fraction of sp³-hybridized carbons (Fsp3) is 0.263. The predicted octanol–water partition coefficient (Wildman–Crippen LogP) is 1.21. The molecular weight excluding hydrogens is 332 g/mol. The number of aromatic nitrogens is 3. The molecule has 1 amide bonds. The molecule has 26 heavy (non-hydrogen) atoms. The highest BCUT2D eigenvalue weighted by Crippen LogP contribution is 2.15. The van der Waals surface area contributed by atoms with Crippen LogP contribution in [0, 0.1) is 6.92 Å². The van der Waals surface area contributed by atoms with Crippen LogP contribution in [-0.2, 0) is 17.6 Å². The van der Waals surface area contributed by atoms with Gasteiger partial charge in [0.2, 0.25) is 5.91 Å². The molecule has 134 valence electrons. The molecule has 1 aromatic carbocycles. The average molecular weight is 352 g/mol. The van der Waals surface area contributed by atoms with Crippen LogP contribution < -0.4 is 16.6 Å². The fourth-order valence-corrected chi connectivity index (χ4v) is 2.96. The minimum Gasteiger partial charge on any atom is -0.356 e. The Morgan fingerprint density at radius 2 is 1.92 bits per heavy atom. The third-order valence-corrected chi connectivity index (χ3v) is 4.29. The van der Waals surface area contributed by atoms with Gasteiger partial charge in [-0.05, 0) is 31.4 Å². The van der Waals surface area contributed by atoms with E-state index in [-0.39, 0.29) is 18.7 Å². The van der Waals surface area contributed by atoms with E-state index in [1.807, 2.05) is 30.3 Å². The number of aromatic amines is 2. The minimum atomic E-state index is -0.538. The van der Waals surface area contributed by atoms with Crippen LogP contribution >= 0.6 is 0 Å². The Morgan fingerprint density at radius 1 is 1.12 bits per heavy atom. The van der Waals surface area contributed by atoms with Crippen molar-refractivity contribution in [3.63, 3.8) is 0 Å². The summed E-state index contributed by atoms with van der Waals surface area (Å²) in [4.78, 5) is 44.1. The van der Waals surface area contributed by atoms with Crippen LogP contribution in [0.2, 0.25) is 0 Å². The van der Waals surface area contributed by atoms with E-state index in [4.69, 9.17) is 0 Å². The van der Waals surface area contributed by atoms with Gasteiger partial charge in [-0.15, -0.1) is 0 Å². The van der Waals surface area contributed by atoms with Crippen LogP contribution in [0.3, 0.4) is 0 Å². The SMILES string of the molecule is Cc1[nH]c(=O)[nH]c(=O)c1CCC(=O)NCCc1cccc2cccnc12. The van der Waals surface area contributed by atoms with Crippen molar-refractivity contribution in [1.29, 1.82) is 0 Å². The molecule has 7 heteroatoms. The van der Waals surface area contributed by atoms with Gasteiger partial charge in [0, 0.05) is 35.8 Å². The molecule has 0 saturated heterocycles. The zero-order valence-electron chi connectivity index (χ0n) is 14.5. The molecule has 0 unspecified atom stereocenters. The van der Waals surface area contributed by atoms with Gasteiger partial charge in [-0.1, -0.05) is 24.3 Å². The normalized spacial score (nSPS) is 10.8. The van der Waals surface area contributed by atoms with Crippen molar-refractivity contribution in [3.05, 3.63) is 74.2 Å². The molecule has 7 nitrogen and oxygen atoms in total. The summed E-state index contributed by atoms with van der Waals surface area (Å²) >= 11 is 0. The first-order valence-corrected chi connectivity index (χ1v) is 8.46. The smallest absolute Gasteiger partial charge is 0.325 e. The number of hydrogen-bond donors (Lipinski definition) is 3. The number of carbonyl (C=O) groups is 1. The van der Waals surface area contributed by atoms with Crippen LogP contribution in [0.4, 0.5) is 0 Å². The summed E-state index contributed by atoms with van der Waals surface area (Å²) in [7, 11) is 0. The lowest BCUT2D eigenvalue weighted by Crippen LogP contribution is -2.29. The van der Waals surface area contributed by atoms with E-state index < -0.39 is 11.2 Å². The Hall–Kier alpha value is -3.22. The highest BCUT2D eigenvalue weighted by atomic mass is 16.2. The number of carbonyl (C=O) groups excluding carboxylic acids is 1. The quantitative estimate of drug-likeness (QED) is 0.620. The zero-order valence-corrected chi connectivity index (χ0v) is 14.5. The van der Waals surface area contributed by atoms with Crippen molar-refractivity contribution in [2.75, 3.05) is 6.54 Å². The van der Waals surface area contributed by atoms with Crippen LogP contribution in [-0.4, -0.2) is 27.4 Å². The molecule has 0 spiro atoms. The molecule has 2 heterocycles. The van der Waals surface area contributed by atoms with E-state index in [1.54, 1.807) is 13.1 Å². The predicted molar refractivity (Wildman–Crippen MR) is 99.2 cm³/mol. The van der Waals surface area contributed by atoms with Crippen molar-refractivity contribution < 1.29 is 4.79 Å². The van der Waals surface area contributed by atoms with Gasteiger partial charge < -0.3 is 10.3 Å². The Morgan fingerprint density at radius 3 is 2.73 bits per heavy atom. The van der Waals surface area contributed by atoms with Crippen LogP contribution in [0.25, 0.3) is 10.9 Å². The topological polar surface area (TPSA) is 108 Å². The van der Waals surface area contributed by atoms with E-state index in [0.717, 1.165) is 16.5 Å². The average Bonchev–Trinajstić information content (AvgIpc) is 2.61. The van der Waals surface area contributed by atoms with Crippen molar-refractivity contribution in [2.24, 2.45) is 0 Å². The van der Waals surface area contributed by atoms with Gasteiger partial charge in [-0.2, -0.15) is 0 Å².